The van der Waals surface area contributed by atoms with E-state index in [-0.39, 0.29) is 11.4 Å². The molecule has 1 saturated heterocycles. The van der Waals surface area contributed by atoms with Crippen LogP contribution in [0, 0.1) is 5.82 Å². The monoisotopic (exact) mass is 391 g/mol. The van der Waals surface area contributed by atoms with Gasteiger partial charge in [0.2, 0.25) is 0 Å². The standard InChI is InChI=1S/C19H23BrFN3/c20-17-11-16(7-8-18(17)21)23-19(13-22)9-4-10-24(14-19)12-15-5-2-1-3-6-15/h1-3,5-8,11,23H,4,9-10,12-14,22H2. The lowest BCUT2D eigenvalue weighted by Gasteiger charge is -2.43. The molecular formula is C19H23BrFN3. The van der Waals surface area contributed by atoms with Crippen LogP contribution in [-0.4, -0.2) is 30.1 Å². The van der Waals surface area contributed by atoms with Crippen molar-refractivity contribution in [2.45, 2.75) is 24.9 Å². The first-order valence-corrected chi connectivity index (χ1v) is 9.09. The van der Waals surface area contributed by atoms with Gasteiger partial charge in [0.05, 0.1) is 10.0 Å². The number of halogens is 2. The third-order valence-electron chi connectivity index (χ3n) is 4.62. The number of hydrogen-bond acceptors (Lipinski definition) is 3. The normalized spacial score (nSPS) is 21.6. The Labute approximate surface area is 151 Å². The third-order valence-corrected chi connectivity index (χ3v) is 5.23. The van der Waals surface area contributed by atoms with Crippen LogP contribution in [0.25, 0.3) is 0 Å². The van der Waals surface area contributed by atoms with Crippen LogP contribution in [-0.2, 0) is 6.54 Å². The van der Waals surface area contributed by atoms with Crippen molar-refractivity contribution in [1.82, 2.24) is 4.90 Å². The molecule has 0 radical (unpaired) electrons. The molecule has 1 heterocycles. The minimum Gasteiger partial charge on any atom is -0.377 e. The number of nitrogens with two attached hydrogens (primary N) is 1. The maximum Gasteiger partial charge on any atom is 0.137 e. The molecule has 3 nitrogen and oxygen atoms in total. The Hall–Kier alpha value is -1.43. The van der Waals surface area contributed by atoms with Gasteiger partial charge in [-0.2, -0.15) is 0 Å². The summed E-state index contributed by atoms with van der Waals surface area (Å²) in [5, 5.41) is 3.56. The first-order valence-electron chi connectivity index (χ1n) is 8.30. The van der Waals surface area contributed by atoms with E-state index in [2.05, 4.69) is 50.4 Å². The summed E-state index contributed by atoms with van der Waals surface area (Å²) in [6.45, 7) is 3.43. The van der Waals surface area contributed by atoms with Gasteiger partial charge in [0.15, 0.2) is 0 Å². The lowest BCUT2D eigenvalue weighted by atomic mass is 9.88. The number of likely N-dealkylation sites (tertiary alicyclic amines) is 1. The minimum atomic E-state index is -0.253. The Morgan fingerprint density at radius 2 is 2.00 bits per heavy atom. The molecule has 0 amide bonds. The lowest BCUT2D eigenvalue weighted by Crippen LogP contribution is -2.57. The van der Waals surface area contributed by atoms with Crippen LogP contribution in [0.1, 0.15) is 18.4 Å². The fourth-order valence-corrected chi connectivity index (χ4v) is 3.78. The molecule has 0 bridgehead atoms. The minimum absolute atomic E-state index is 0.176. The molecule has 0 saturated carbocycles. The maximum atomic E-state index is 13.5. The van der Waals surface area contributed by atoms with E-state index in [0.29, 0.717) is 11.0 Å². The average molecular weight is 392 g/mol. The fraction of sp³-hybridized carbons (Fsp3) is 0.368. The number of nitrogens with one attached hydrogen (secondary N) is 1. The number of nitrogens with zero attached hydrogens (tertiary/aromatic N) is 1. The highest BCUT2D eigenvalue weighted by molar-refractivity contribution is 9.10. The Balaban J connectivity index is 1.72. The van der Waals surface area contributed by atoms with Crippen LogP contribution in [0.5, 0.6) is 0 Å². The molecule has 2 aromatic rings. The molecule has 128 valence electrons. The van der Waals surface area contributed by atoms with Gasteiger partial charge in [-0.05, 0) is 59.1 Å². The predicted octanol–water partition coefficient (Wildman–Crippen LogP) is 3.99. The molecule has 1 fully saturated rings. The van der Waals surface area contributed by atoms with Crippen LogP contribution in [0.3, 0.4) is 0 Å². The SMILES string of the molecule is NCC1(Nc2ccc(F)c(Br)c2)CCCN(Cc2ccccc2)C1. The van der Waals surface area contributed by atoms with E-state index in [9.17, 15) is 4.39 Å². The molecule has 3 N–H and O–H groups in total. The summed E-state index contributed by atoms with van der Waals surface area (Å²) in [5.74, 6) is -0.253. The third kappa shape index (κ3) is 4.15. The van der Waals surface area contributed by atoms with Crippen molar-refractivity contribution in [3.63, 3.8) is 0 Å². The molecule has 1 aliphatic rings. The molecule has 1 unspecified atom stereocenters. The Kier molecular flexibility index (Phi) is 5.54. The fourth-order valence-electron chi connectivity index (χ4n) is 3.40. The summed E-state index contributed by atoms with van der Waals surface area (Å²) in [5.41, 5.74) is 8.17. The molecule has 24 heavy (non-hydrogen) atoms. The molecular weight excluding hydrogens is 369 g/mol. The van der Waals surface area contributed by atoms with Gasteiger partial charge in [-0.25, -0.2) is 4.39 Å². The topological polar surface area (TPSA) is 41.3 Å². The van der Waals surface area contributed by atoms with Crippen LogP contribution < -0.4 is 11.1 Å². The van der Waals surface area contributed by atoms with Crippen LogP contribution in [0.15, 0.2) is 53.0 Å². The highest BCUT2D eigenvalue weighted by Gasteiger charge is 2.34. The van der Waals surface area contributed by atoms with E-state index in [4.69, 9.17) is 5.73 Å². The summed E-state index contributed by atoms with van der Waals surface area (Å²) in [6.07, 6.45) is 2.11. The van der Waals surface area contributed by atoms with Crippen LogP contribution in [0.2, 0.25) is 0 Å². The summed E-state index contributed by atoms with van der Waals surface area (Å²) < 4.78 is 13.9. The van der Waals surface area contributed by atoms with Crippen molar-refractivity contribution in [3.8, 4) is 0 Å². The molecule has 1 atom stereocenters. The lowest BCUT2D eigenvalue weighted by molar-refractivity contribution is 0.159. The molecule has 0 spiro atoms. The number of hydrogen-bond donors (Lipinski definition) is 2. The van der Waals surface area contributed by atoms with Crippen molar-refractivity contribution in [3.05, 3.63) is 64.4 Å². The summed E-state index contributed by atoms with van der Waals surface area (Å²) in [4.78, 5) is 2.44. The van der Waals surface area contributed by atoms with Crippen LogP contribution in [0.4, 0.5) is 10.1 Å². The second-order valence-corrected chi connectivity index (χ2v) is 7.39. The van der Waals surface area contributed by atoms with E-state index in [1.165, 1.54) is 11.6 Å². The quantitative estimate of drug-likeness (QED) is 0.809. The van der Waals surface area contributed by atoms with Gasteiger partial charge in [-0.3, -0.25) is 4.90 Å². The average Bonchev–Trinajstić information content (AvgIpc) is 2.59. The zero-order valence-corrected chi connectivity index (χ0v) is 15.2. The van der Waals surface area contributed by atoms with Gasteiger partial charge >= 0.3 is 0 Å². The number of piperidine rings is 1. The van der Waals surface area contributed by atoms with E-state index in [0.717, 1.165) is 38.2 Å². The summed E-state index contributed by atoms with van der Waals surface area (Å²) in [7, 11) is 0. The van der Waals surface area contributed by atoms with Gasteiger partial charge in [-0.1, -0.05) is 30.3 Å². The van der Waals surface area contributed by atoms with E-state index in [1.54, 1.807) is 12.1 Å². The Morgan fingerprint density at radius 1 is 1.21 bits per heavy atom. The molecule has 3 rings (SSSR count). The number of anilines is 1. The van der Waals surface area contributed by atoms with Crippen molar-refractivity contribution >= 4 is 21.6 Å². The predicted molar refractivity (Wildman–Crippen MR) is 100 cm³/mol. The maximum absolute atomic E-state index is 13.5. The zero-order chi connectivity index (χ0) is 17.0. The zero-order valence-electron chi connectivity index (χ0n) is 13.6. The molecule has 1 aliphatic heterocycles. The van der Waals surface area contributed by atoms with Gasteiger partial charge in [-0.15, -0.1) is 0 Å². The van der Waals surface area contributed by atoms with Gasteiger partial charge in [0.25, 0.3) is 0 Å². The van der Waals surface area contributed by atoms with Crippen LogP contribution >= 0.6 is 15.9 Å². The van der Waals surface area contributed by atoms with Crippen molar-refractivity contribution in [2.24, 2.45) is 5.73 Å². The van der Waals surface area contributed by atoms with Crippen molar-refractivity contribution in [2.75, 3.05) is 25.0 Å². The van der Waals surface area contributed by atoms with Crippen molar-refractivity contribution < 1.29 is 4.39 Å². The number of benzene rings is 2. The Morgan fingerprint density at radius 3 is 2.71 bits per heavy atom. The largest absolute Gasteiger partial charge is 0.377 e. The number of rotatable bonds is 5. The van der Waals surface area contributed by atoms with Crippen molar-refractivity contribution in [1.29, 1.82) is 0 Å². The van der Waals surface area contributed by atoms with Gasteiger partial charge < -0.3 is 11.1 Å². The van der Waals surface area contributed by atoms with Gasteiger partial charge in [0, 0.05) is 25.3 Å². The van der Waals surface area contributed by atoms with E-state index >= 15 is 0 Å². The highest BCUT2D eigenvalue weighted by atomic mass is 79.9. The first-order chi connectivity index (χ1) is 11.6. The van der Waals surface area contributed by atoms with E-state index in [1.807, 2.05) is 6.07 Å². The van der Waals surface area contributed by atoms with Gasteiger partial charge in [0.1, 0.15) is 5.82 Å². The molecule has 0 aliphatic carbocycles. The smallest absolute Gasteiger partial charge is 0.137 e. The first kappa shape index (κ1) is 17.4. The highest BCUT2D eigenvalue weighted by Crippen LogP contribution is 2.28. The van der Waals surface area contributed by atoms with E-state index < -0.39 is 0 Å². The molecule has 2 aromatic carbocycles. The Bertz CT molecular complexity index is 680. The molecule has 5 heteroatoms. The second-order valence-electron chi connectivity index (χ2n) is 6.54. The summed E-state index contributed by atoms with van der Waals surface area (Å²) in [6, 6.07) is 15.5. The second kappa shape index (κ2) is 7.64. The summed E-state index contributed by atoms with van der Waals surface area (Å²) >= 11 is 3.25. The molecule has 0 aromatic heterocycles.